The van der Waals surface area contributed by atoms with E-state index in [1.807, 2.05) is 6.07 Å². The van der Waals surface area contributed by atoms with Crippen LogP contribution in [0.25, 0.3) is 0 Å². The predicted octanol–water partition coefficient (Wildman–Crippen LogP) is 2.88. The van der Waals surface area contributed by atoms with Gasteiger partial charge in [0.1, 0.15) is 5.76 Å². The van der Waals surface area contributed by atoms with E-state index in [1.54, 1.807) is 6.26 Å². The van der Waals surface area contributed by atoms with Crippen molar-refractivity contribution >= 4 is 0 Å². The predicted molar refractivity (Wildman–Crippen MR) is 74.4 cm³/mol. The molecule has 1 saturated carbocycles. The van der Waals surface area contributed by atoms with E-state index in [4.69, 9.17) is 4.42 Å². The van der Waals surface area contributed by atoms with E-state index >= 15 is 0 Å². The molecule has 0 amide bonds. The van der Waals surface area contributed by atoms with Gasteiger partial charge in [-0.15, -0.1) is 0 Å². The molecule has 3 heteroatoms. The minimum Gasteiger partial charge on any atom is -0.468 e. The van der Waals surface area contributed by atoms with Crippen molar-refractivity contribution in [2.45, 2.75) is 52.2 Å². The molecule has 1 fully saturated rings. The molecule has 1 heterocycles. The van der Waals surface area contributed by atoms with Crippen molar-refractivity contribution in [3.8, 4) is 0 Å². The number of hydrogen-bond donors (Lipinski definition) is 1. The third kappa shape index (κ3) is 4.46. The highest BCUT2D eigenvalue weighted by Crippen LogP contribution is 2.29. The molecule has 0 saturated heterocycles. The van der Waals surface area contributed by atoms with Gasteiger partial charge >= 0.3 is 0 Å². The van der Waals surface area contributed by atoms with Gasteiger partial charge in [0.2, 0.25) is 0 Å². The van der Waals surface area contributed by atoms with Crippen LogP contribution in [0.5, 0.6) is 0 Å². The Labute approximate surface area is 111 Å². The van der Waals surface area contributed by atoms with Gasteiger partial charge < -0.3 is 9.73 Å². The first kappa shape index (κ1) is 13.6. The zero-order valence-corrected chi connectivity index (χ0v) is 11.9. The van der Waals surface area contributed by atoms with Crippen molar-refractivity contribution in [1.82, 2.24) is 10.2 Å². The van der Waals surface area contributed by atoms with E-state index in [0.29, 0.717) is 12.0 Å². The maximum absolute atomic E-state index is 5.46. The van der Waals surface area contributed by atoms with Crippen LogP contribution in [0.4, 0.5) is 0 Å². The molecule has 1 N–H and O–H groups in total. The second kappa shape index (κ2) is 6.39. The van der Waals surface area contributed by atoms with Crippen LogP contribution in [0.2, 0.25) is 0 Å². The third-order valence-corrected chi connectivity index (χ3v) is 3.42. The van der Waals surface area contributed by atoms with Gasteiger partial charge in [0.15, 0.2) is 0 Å². The van der Waals surface area contributed by atoms with Crippen molar-refractivity contribution in [3.63, 3.8) is 0 Å². The van der Waals surface area contributed by atoms with Gasteiger partial charge in [-0.05, 0) is 37.4 Å². The van der Waals surface area contributed by atoms with Crippen LogP contribution >= 0.6 is 0 Å². The Balaban J connectivity index is 1.79. The molecule has 0 radical (unpaired) electrons. The lowest BCUT2D eigenvalue weighted by Gasteiger charge is -2.25. The lowest BCUT2D eigenvalue weighted by molar-refractivity contribution is 0.200. The first-order valence-corrected chi connectivity index (χ1v) is 7.15. The first-order chi connectivity index (χ1) is 8.65. The molecular weight excluding hydrogens is 224 g/mol. The average molecular weight is 250 g/mol. The molecule has 18 heavy (non-hydrogen) atoms. The summed E-state index contributed by atoms with van der Waals surface area (Å²) in [6.07, 6.45) is 4.47. The zero-order chi connectivity index (χ0) is 13.0. The summed E-state index contributed by atoms with van der Waals surface area (Å²) >= 11 is 0. The molecule has 2 rings (SSSR count). The van der Waals surface area contributed by atoms with Gasteiger partial charge in [-0.2, -0.15) is 0 Å². The lowest BCUT2D eigenvalue weighted by atomic mass is 10.1. The number of furan rings is 1. The molecule has 102 valence electrons. The van der Waals surface area contributed by atoms with E-state index < -0.39 is 0 Å². The molecule has 0 aromatic carbocycles. The summed E-state index contributed by atoms with van der Waals surface area (Å²) in [6.45, 7) is 9.95. The highest BCUT2D eigenvalue weighted by Gasteiger charge is 2.30. The fourth-order valence-electron chi connectivity index (χ4n) is 2.29. The van der Waals surface area contributed by atoms with Crippen molar-refractivity contribution in [2.75, 3.05) is 13.1 Å². The van der Waals surface area contributed by atoms with Crippen LogP contribution in [0.1, 0.15) is 39.4 Å². The Kier molecular flexibility index (Phi) is 4.84. The van der Waals surface area contributed by atoms with Crippen LogP contribution in [-0.4, -0.2) is 30.1 Å². The summed E-state index contributed by atoms with van der Waals surface area (Å²) in [7, 11) is 0. The molecule has 1 aliphatic carbocycles. The summed E-state index contributed by atoms with van der Waals surface area (Å²) < 4.78 is 5.46. The molecule has 0 spiro atoms. The largest absolute Gasteiger partial charge is 0.468 e. The Morgan fingerprint density at radius 1 is 1.39 bits per heavy atom. The Hall–Kier alpha value is -0.800. The average Bonchev–Trinajstić information content (AvgIpc) is 3.05. The van der Waals surface area contributed by atoms with Crippen LogP contribution in [0.15, 0.2) is 22.8 Å². The molecule has 1 aliphatic rings. The smallest absolute Gasteiger partial charge is 0.117 e. The topological polar surface area (TPSA) is 28.4 Å². The van der Waals surface area contributed by atoms with Crippen LogP contribution in [0, 0.1) is 5.92 Å². The van der Waals surface area contributed by atoms with Crippen molar-refractivity contribution in [1.29, 1.82) is 0 Å². The number of rotatable bonds is 8. The summed E-state index contributed by atoms with van der Waals surface area (Å²) in [5.74, 6) is 1.77. The summed E-state index contributed by atoms with van der Waals surface area (Å²) in [6, 6.07) is 5.42. The van der Waals surface area contributed by atoms with Gasteiger partial charge in [0, 0.05) is 18.6 Å². The van der Waals surface area contributed by atoms with Crippen LogP contribution in [0.3, 0.4) is 0 Å². The fourth-order valence-corrected chi connectivity index (χ4v) is 2.29. The van der Waals surface area contributed by atoms with E-state index in [1.165, 1.54) is 12.8 Å². The standard InChI is InChI=1S/C15H26N2O/c1-12(2)16-9-13(3)10-17(14-6-7-14)11-15-5-4-8-18-15/h4-5,8,12-14,16H,6-7,9-11H2,1-3H3. The molecule has 0 aliphatic heterocycles. The van der Waals surface area contributed by atoms with E-state index in [2.05, 4.69) is 37.1 Å². The Morgan fingerprint density at radius 3 is 2.72 bits per heavy atom. The molecule has 1 aromatic heterocycles. The van der Waals surface area contributed by atoms with Crippen molar-refractivity contribution in [3.05, 3.63) is 24.2 Å². The highest BCUT2D eigenvalue weighted by molar-refractivity contribution is 4.99. The van der Waals surface area contributed by atoms with Crippen molar-refractivity contribution < 1.29 is 4.42 Å². The van der Waals surface area contributed by atoms with E-state index in [0.717, 1.165) is 31.4 Å². The third-order valence-electron chi connectivity index (χ3n) is 3.42. The normalized spacial score (nSPS) is 17.6. The highest BCUT2D eigenvalue weighted by atomic mass is 16.3. The summed E-state index contributed by atoms with van der Waals surface area (Å²) in [5.41, 5.74) is 0. The quantitative estimate of drug-likeness (QED) is 0.769. The minimum atomic E-state index is 0.576. The molecule has 3 nitrogen and oxygen atoms in total. The van der Waals surface area contributed by atoms with Gasteiger partial charge in [-0.3, -0.25) is 4.90 Å². The Morgan fingerprint density at radius 2 is 2.17 bits per heavy atom. The number of nitrogens with zero attached hydrogens (tertiary/aromatic N) is 1. The van der Waals surface area contributed by atoms with Gasteiger partial charge in [-0.25, -0.2) is 0 Å². The summed E-state index contributed by atoms with van der Waals surface area (Å²) in [5, 5.41) is 3.52. The molecule has 1 unspecified atom stereocenters. The second-order valence-electron chi connectivity index (χ2n) is 5.91. The van der Waals surface area contributed by atoms with Gasteiger partial charge in [0.05, 0.1) is 12.8 Å². The van der Waals surface area contributed by atoms with E-state index in [9.17, 15) is 0 Å². The summed E-state index contributed by atoms with van der Waals surface area (Å²) in [4.78, 5) is 2.57. The van der Waals surface area contributed by atoms with Crippen LogP contribution in [-0.2, 0) is 6.54 Å². The zero-order valence-electron chi connectivity index (χ0n) is 11.9. The number of nitrogens with one attached hydrogen (secondary N) is 1. The maximum atomic E-state index is 5.46. The molecule has 0 bridgehead atoms. The second-order valence-corrected chi connectivity index (χ2v) is 5.91. The molecule has 1 aromatic rings. The maximum Gasteiger partial charge on any atom is 0.117 e. The number of hydrogen-bond acceptors (Lipinski definition) is 3. The molecule has 1 atom stereocenters. The van der Waals surface area contributed by atoms with Crippen LogP contribution < -0.4 is 5.32 Å². The monoisotopic (exact) mass is 250 g/mol. The fraction of sp³-hybridized carbons (Fsp3) is 0.733. The van der Waals surface area contributed by atoms with Gasteiger partial charge in [0.25, 0.3) is 0 Å². The Bertz CT molecular complexity index is 330. The molecular formula is C15H26N2O. The van der Waals surface area contributed by atoms with E-state index in [-0.39, 0.29) is 0 Å². The SMILES string of the molecule is CC(CNC(C)C)CN(Cc1ccco1)C1CC1. The lowest BCUT2D eigenvalue weighted by Crippen LogP contribution is -2.36. The van der Waals surface area contributed by atoms with Gasteiger partial charge in [-0.1, -0.05) is 20.8 Å². The first-order valence-electron chi connectivity index (χ1n) is 7.15. The minimum absolute atomic E-state index is 0.576. The van der Waals surface area contributed by atoms with Crippen molar-refractivity contribution in [2.24, 2.45) is 5.92 Å².